The zero-order valence-corrected chi connectivity index (χ0v) is 22.4. The van der Waals surface area contributed by atoms with Crippen LogP contribution in [0.15, 0.2) is 0 Å². The molecule has 0 fully saturated rings. The van der Waals surface area contributed by atoms with Gasteiger partial charge in [0, 0.05) is 0 Å². The van der Waals surface area contributed by atoms with Gasteiger partial charge in [0.25, 0.3) is 0 Å². The summed E-state index contributed by atoms with van der Waals surface area (Å²) in [6, 6.07) is 0. The molecule has 6 heteroatoms. The van der Waals surface area contributed by atoms with E-state index in [1.165, 1.54) is 32.1 Å². The Balaban J connectivity index is -0.00000288. The van der Waals surface area contributed by atoms with E-state index >= 15 is 0 Å². The van der Waals surface area contributed by atoms with Gasteiger partial charge in [0.1, 0.15) is 0 Å². The Labute approximate surface area is 206 Å². The molecule has 2 N–H and O–H groups in total. The van der Waals surface area contributed by atoms with Crippen LogP contribution in [0.25, 0.3) is 0 Å². The molecule has 0 aliphatic rings. The molecule has 3 unspecified atom stereocenters. The molecule has 0 saturated heterocycles. The molecule has 0 amide bonds. The minimum Gasteiger partial charge on any atom is -1.00 e. The molecule has 0 aromatic carbocycles. The normalized spacial score (nSPS) is 15.8. The van der Waals surface area contributed by atoms with E-state index in [4.69, 9.17) is 14.3 Å². The molecular formula is C20H44KO4P. The van der Waals surface area contributed by atoms with Crippen molar-refractivity contribution >= 4 is 7.82 Å². The third-order valence-corrected chi connectivity index (χ3v) is 5.70. The third kappa shape index (κ3) is 19.1. The third-order valence-electron chi connectivity index (χ3n) is 5.21. The van der Waals surface area contributed by atoms with Crippen LogP contribution in [0.5, 0.6) is 0 Å². The van der Waals surface area contributed by atoms with Gasteiger partial charge in [-0.3, -0.25) is 4.52 Å². The molecule has 3 atom stereocenters. The molecule has 4 nitrogen and oxygen atoms in total. The van der Waals surface area contributed by atoms with Gasteiger partial charge in [0.2, 0.25) is 0 Å². The molecule has 0 bridgehead atoms. The van der Waals surface area contributed by atoms with Gasteiger partial charge in [-0.05, 0) is 36.0 Å². The predicted molar refractivity (Wildman–Crippen MR) is 108 cm³/mol. The van der Waals surface area contributed by atoms with Gasteiger partial charge in [-0.25, -0.2) is 4.57 Å². The van der Waals surface area contributed by atoms with Crippen molar-refractivity contribution in [1.29, 1.82) is 0 Å². The Morgan fingerprint density at radius 2 is 1.31 bits per heavy atom. The van der Waals surface area contributed by atoms with Crippen LogP contribution in [-0.2, 0) is 9.09 Å². The molecule has 26 heavy (non-hydrogen) atoms. The van der Waals surface area contributed by atoms with Gasteiger partial charge in [0.15, 0.2) is 0 Å². The fraction of sp³-hybridized carbons (Fsp3) is 1.00. The molecule has 0 aliphatic heterocycles. The van der Waals surface area contributed by atoms with Crippen molar-refractivity contribution in [3.05, 3.63) is 0 Å². The maximum absolute atomic E-state index is 11.1. The second-order valence-electron chi connectivity index (χ2n) is 8.86. The Hall–Kier alpha value is 1.75. The quantitative estimate of drug-likeness (QED) is 0.315. The van der Waals surface area contributed by atoms with Gasteiger partial charge < -0.3 is 11.2 Å². The Kier molecular flexibility index (Phi) is 19.0. The van der Waals surface area contributed by atoms with E-state index in [0.29, 0.717) is 17.8 Å². The first-order valence-electron chi connectivity index (χ1n) is 10.2. The van der Waals surface area contributed by atoms with E-state index in [2.05, 4.69) is 41.5 Å². The standard InChI is InChI=1S/C20H43O4P.K.H/c1-16(2)9-7-11-18(5)13-14-20(15-24-25(21,22)23)19(6)12-8-10-17(3)4;;/h16-20H,7-15H2,1-6H3,(H2,21,22,23);;/q;+1;-1. The van der Waals surface area contributed by atoms with Crippen molar-refractivity contribution in [3.8, 4) is 0 Å². The molecule has 0 aromatic heterocycles. The number of phosphoric ester groups is 1. The zero-order valence-electron chi connectivity index (χ0n) is 19.4. The van der Waals surface area contributed by atoms with E-state index in [9.17, 15) is 4.57 Å². The van der Waals surface area contributed by atoms with Crippen LogP contribution in [0.3, 0.4) is 0 Å². The molecule has 0 aromatic rings. The Morgan fingerprint density at radius 1 is 0.808 bits per heavy atom. The number of hydrogen-bond acceptors (Lipinski definition) is 2. The monoisotopic (exact) mass is 418 g/mol. The number of rotatable bonds is 15. The summed E-state index contributed by atoms with van der Waals surface area (Å²) in [7, 11) is -4.38. The Bertz CT molecular complexity index is 377. The van der Waals surface area contributed by atoms with Gasteiger partial charge in [-0.15, -0.1) is 0 Å². The van der Waals surface area contributed by atoms with Gasteiger partial charge >= 0.3 is 59.2 Å². The average molecular weight is 419 g/mol. The summed E-state index contributed by atoms with van der Waals surface area (Å²) in [4.78, 5) is 18.1. The minimum atomic E-state index is -4.38. The first-order valence-corrected chi connectivity index (χ1v) is 11.7. The summed E-state index contributed by atoms with van der Waals surface area (Å²) in [6.45, 7) is 13.7. The first-order chi connectivity index (χ1) is 11.5. The summed E-state index contributed by atoms with van der Waals surface area (Å²) < 4.78 is 15.9. The summed E-state index contributed by atoms with van der Waals surface area (Å²) in [6.07, 6.45) is 9.39. The van der Waals surface area contributed by atoms with Gasteiger partial charge in [-0.2, -0.15) is 0 Å². The number of hydrogen-bond donors (Lipinski definition) is 2. The fourth-order valence-corrected chi connectivity index (χ4v) is 3.71. The van der Waals surface area contributed by atoms with Gasteiger partial charge in [0.05, 0.1) is 6.61 Å². The SMILES string of the molecule is CC(C)CCCC(C)CCC(COP(=O)(O)O)C(C)CCCC(C)C.[H-].[K+]. The zero-order chi connectivity index (χ0) is 19.5. The van der Waals surface area contributed by atoms with Crippen LogP contribution in [0.4, 0.5) is 0 Å². The van der Waals surface area contributed by atoms with Crippen LogP contribution >= 0.6 is 7.82 Å². The van der Waals surface area contributed by atoms with E-state index in [-0.39, 0.29) is 65.3 Å². The predicted octanol–water partition coefficient (Wildman–Crippen LogP) is 3.53. The van der Waals surface area contributed by atoms with Crippen LogP contribution < -0.4 is 51.4 Å². The molecule has 0 heterocycles. The molecule has 0 rings (SSSR count). The van der Waals surface area contributed by atoms with Crippen molar-refractivity contribution in [2.24, 2.45) is 29.6 Å². The van der Waals surface area contributed by atoms with Crippen molar-refractivity contribution in [3.63, 3.8) is 0 Å². The largest absolute Gasteiger partial charge is 1.00 e. The molecule has 0 spiro atoms. The topological polar surface area (TPSA) is 66.8 Å². The van der Waals surface area contributed by atoms with Crippen LogP contribution in [0.2, 0.25) is 0 Å². The average Bonchev–Trinajstić information content (AvgIpc) is 2.45. The summed E-state index contributed by atoms with van der Waals surface area (Å²) in [5, 5.41) is 0. The molecular weight excluding hydrogens is 374 g/mol. The van der Waals surface area contributed by atoms with E-state index in [1.807, 2.05) is 0 Å². The first kappa shape index (κ1) is 29.9. The maximum Gasteiger partial charge on any atom is 1.00 e. The molecule has 0 aliphatic carbocycles. The van der Waals surface area contributed by atoms with Gasteiger partial charge in [-0.1, -0.05) is 86.5 Å². The molecule has 0 radical (unpaired) electrons. The second-order valence-corrected chi connectivity index (χ2v) is 10.1. The van der Waals surface area contributed by atoms with E-state index in [0.717, 1.165) is 25.2 Å². The van der Waals surface area contributed by atoms with E-state index in [1.54, 1.807) is 0 Å². The smallest absolute Gasteiger partial charge is 1.00 e. The van der Waals surface area contributed by atoms with Crippen LogP contribution in [0, 0.1) is 29.6 Å². The molecule has 154 valence electrons. The van der Waals surface area contributed by atoms with Crippen LogP contribution in [-0.4, -0.2) is 16.4 Å². The fourth-order valence-electron chi connectivity index (χ4n) is 3.33. The summed E-state index contributed by atoms with van der Waals surface area (Å²) >= 11 is 0. The maximum atomic E-state index is 11.1. The Morgan fingerprint density at radius 3 is 1.77 bits per heavy atom. The molecule has 0 saturated carbocycles. The van der Waals surface area contributed by atoms with Crippen molar-refractivity contribution in [2.75, 3.05) is 6.61 Å². The van der Waals surface area contributed by atoms with Crippen molar-refractivity contribution in [1.82, 2.24) is 0 Å². The van der Waals surface area contributed by atoms with Crippen LogP contribution in [0.1, 0.15) is 94.3 Å². The van der Waals surface area contributed by atoms with Crippen molar-refractivity contribution in [2.45, 2.75) is 92.9 Å². The van der Waals surface area contributed by atoms with Crippen molar-refractivity contribution < 1.29 is 71.7 Å². The minimum absolute atomic E-state index is 0. The second kappa shape index (κ2) is 16.5. The summed E-state index contributed by atoms with van der Waals surface area (Å²) in [5.41, 5.74) is 0. The summed E-state index contributed by atoms with van der Waals surface area (Å²) in [5.74, 6) is 2.80. The number of phosphoric acid groups is 1. The van der Waals surface area contributed by atoms with E-state index < -0.39 is 7.82 Å².